The smallest absolute Gasteiger partial charge is 0.502 e. The maximum atomic E-state index is 9.35. The molecule has 2 N–H and O–H groups in total. The molecule has 0 saturated carbocycles. The van der Waals surface area contributed by atoms with Gasteiger partial charge in [0.15, 0.2) is 5.76 Å². The molecule has 0 spiro atoms. The van der Waals surface area contributed by atoms with Crippen molar-refractivity contribution in [3.05, 3.63) is 12.3 Å². The SMILES string of the molecule is C=C(O)C(=O)O.[Na+]. The quantitative estimate of drug-likeness (QED) is 0.217. The summed E-state index contributed by atoms with van der Waals surface area (Å²) in [5, 5.41) is 15.5. The Morgan fingerprint density at radius 1 is 1.43 bits per heavy atom. The summed E-state index contributed by atoms with van der Waals surface area (Å²) in [6, 6.07) is 0. The van der Waals surface area contributed by atoms with Crippen molar-refractivity contribution in [3.8, 4) is 0 Å². The first kappa shape index (κ1) is 10.1. The van der Waals surface area contributed by atoms with E-state index < -0.39 is 11.7 Å². The molecule has 0 atom stereocenters. The summed E-state index contributed by atoms with van der Waals surface area (Å²) in [6.45, 7) is 2.71. The van der Waals surface area contributed by atoms with Gasteiger partial charge in [0.1, 0.15) is 0 Å². The van der Waals surface area contributed by atoms with Crippen LogP contribution in [0.5, 0.6) is 0 Å². The maximum absolute atomic E-state index is 9.35. The van der Waals surface area contributed by atoms with Crippen molar-refractivity contribution in [1.29, 1.82) is 0 Å². The molecule has 0 unspecified atom stereocenters. The molecule has 0 saturated heterocycles. The third-order valence-corrected chi connectivity index (χ3v) is 0.247. The van der Waals surface area contributed by atoms with E-state index in [0.717, 1.165) is 0 Å². The molecule has 0 aliphatic carbocycles. The Balaban J connectivity index is 0. The van der Waals surface area contributed by atoms with Crippen LogP contribution in [-0.2, 0) is 4.79 Å². The third kappa shape index (κ3) is 6.01. The minimum Gasteiger partial charge on any atom is -0.502 e. The van der Waals surface area contributed by atoms with Gasteiger partial charge < -0.3 is 10.2 Å². The third-order valence-electron chi connectivity index (χ3n) is 0.247. The van der Waals surface area contributed by atoms with Crippen molar-refractivity contribution >= 4 is 5.97 Å². The van der Waals surface area contributed by atoms with E-state index in [0.29, 0.717) is 0 Å². The summed E-state index contributed by atoms with van der Waals surface area (Å²) < 4.78 is 0. The molecule has 0 aromatic carbocycles. The van der Waals surface area contributed by atoms with E-state index in [4.69, 9.17) is 10.2 Å². The maximum Gasteiger partial charge on any atom is 1.00 e. The van der Waals surface area contributed by atoms with Crippen LogP contribution in [0.4, 0.5) is 0 Å². The Morgan fingerprint density at radius 3 is 1.57 bits per heavy atom. The van der Waals surface area contributed by atoms with Crippen LogP contribution >= 0.6 is 0 Å². The summed E-state index contributed by atoms with van der Waals surface area (Å²) in [6.07, 6.45) is 0. The van der Waals surface area contributed by atoms with Gasteiger partial charge in [-0.1, -0.05) is 0 Å². The molecule has 0 amide bonds. The number of aliphatic hydroxyl groups excluding tert-OH is 1. The summed E-state index contributed by atoms with van der Waals surface area (Å²) in [5.41, 5.74) is 0. The number of hydrogen-bond acceptors (Lipinski definition) is 2. The zero-order chi connectivity index (χ0) is 5.15. The standard InChI is InChI=1S/C3H4O3.Na/c1-2(4)3(5)6;/h4H,1H2,(H,5,6);/q;+1. The van der Waals surface area contributed by atoms with Gasteiger partial charge in [0, 0.05) is 0 Å². The summed E-state index contributed by atoms with van der Waals surface area (Å²) in [4.78, 5) is 9.35. The zero-order valence-corrected chi connectivity index (χ0v) is 6.01. The van der Waals surface area contributed by atoms with E-state index in [1.807, 2.05) is 0 Å². The van der Waals surface area contributed by atoms with Gasteiger partial charge in [0.05, 0.1) is 0 Å². The van der Waals surface area contributed by atoms with E-state index in [-0.39, 0.29) is 29.6 Å². The Kier molecular flexibility index (Phi) is 6.02. The minimum absolute atomic E-state index is 0. The molecule has 0 rings (SSSR count). The number of carboxylic acids is 1. The monoisotopic (exact) mass is 111 g/mol. The fraction of sp³-hybridized carbons (Fsp3) is 0. The van der Waals surface area contributed by atoms with Gasteiger partial charge in [0.2, 0.25) is 0 Å². The van der Waals surface area contributed by atoms with Crippen LogP contribution in [0.2, 0.25) is 0 Å². The van der Waals surface area contributed by atoms with Crippen molar-refractivity contribution < 1.29 is 44.6 Å². The Bertz CT molecular complexity index is 76.2. The zero-order valence-electron chi connectivity index (χ0n) is 4.01. The molecular weight excluding hydrogens is 107 g/mol. The second-order valence-electron chi connectivity index (χ2n) is 0.752. The van der Waals surface area contributed by atoms with Crippen LogP contribution in [0.1, 0.15) is 0 Å². The molecule has 0 heterocycles. The second-order valence-corrected chi connectivity index (χ2v) is 0.752. The summed E-state index contributed by atoms with van der Waals surface area (Å²) in [7, 11) is 0. The fourth-order valence-electron chi connectivity index (χ4n) is 0. The average molecular weight is 111 g/mol. The van der Waals surface area contributed by atoms with Gasteiger partial charge in [-0.2, -0.15) is 0 Å². The van der Waals surface area contributed by atoms with Crippen LogP contribution in [-0.4, -0.2) is 16.2 Å². The molecule has 7 heavy (non-hydrogen) atoms. The molecule has 0 aromatic rings. The van der Waals surface area contributed by atoms with E-state index in [1.54, 1.807) is 0 Å². The van der Waals surface area contributed by atoms with Crippen LogP contribution in [0, 0.1) is 0 Å². The summed E-state index contributed by atoms with van der Waals surface area (Å²) >= 11 is 0. The Morgan fingerprint density at radius 2 is 1.57 bits per heavy atom. The van der Waals surface area contributed by atoms with Gasteiger partial charge in [-0.25, -0.2) is 4.79 Å². The van der Waals surface area contributed by atoms with Gasteiger partial charge in [-0.15, -0.1) is 0 Å². The van der Waals surface area contributed by atoms with Crippen LogP contribution in [0.25, 0.3) is 0 Å². The van der Waals surface area contributed by atoms with Gasteiger partial charge in [-0.3, -0.25) is 0 Å². The number of hydrogen-bond donors (Lipinski definition) is 2. The second kappa shape index (κ2) is 4.18. The van der Waals surface area contributed by atoms with E-state index >= 15 is 0 Å². The van der Waals surface area contributed by atoms with Crippen molar-refractivity contribution in [2.24, 2.45) is 0 Å². The molecule has 0 aliphatic rings. The molecule has 0 radical (unpaired) electrons. The largest absolute Gasteiger partial charge is 1.00 e. The molecule has 0 aliphatic heterocycles. The van der Waals surface area contributed by atoms with Crippen molar-refractivity contribution in [2.75, 3.05) is 0 Å². The van der Waals surface area contributed by atoms with Crippen molar-refractivity contribution in [1.82, 2.24) is 0 Å². The van der Waals surface area contributed by atoms with Crippen LogP contribution < -0.4 is 29.6 Å². The van der Waals surface area contributed by atoms with E-state index in [1.165, 1.54) is 0 Å². The van der Waals surface area contributed by atoms with Crippen LogP contribution in [0.3, 0.4) is 0 Å². The van der Waals surface area contributed by atoms with Gasteiger partial charge in [-0.05, 0) is 6.58 Å². The summed E-state index contributed by atoms with van der Waals surface area (Å²) in [5.74, 6) is -2.20. The van der Waals surface area contributed by atoms with Crippen molar-refractivity contribution in [2.45, 2.75) is 0 Å². The number of carbonyl (C=O) groups is 1. The molecule has 0 bridgehead atoms. The number of carboxylic acid groups (broad SMARTS) is 1. The number of aliphatic hydroxyl groups is 1. The first-order valence-corrected chi connectivity index (χ1v) is 1.25. The molecule has 3 nitrogen and oxygen atoms in total. The predicted molar refractivity (Wildman–Crippen MR) is 19.4 cm³/mol. The molecule has 34 valence electrons. The average Bonchev–Trinajstić information content (AvgIpc) is 1.36. The Labute approximate surface area is 62.9 Å². The number of rotatable bonds is 1. The van der Waals surface area contributed by atoms with Crippen molar-refractivity contribution in [3.63, 3.8) is 0 Å². The topological polar surface area (TPSA) is 57.5 Å². The molecule has 0 fully saturated rings. The first-order chi connectivity index (χ1) is 2.64. The molecule has 4 heteroatoms. The molecular formula is C3H4NaO3+. The Hall–Kier alpha value is 0.0100. The normalized spacial score (nSPS) is 6.29. The number of aliphatic carboxylic acids is 1. The molecule has 0 aromatic heterocycles. The van der Waals surface area contributed by atoms with Gasteiger partial charge in [0.25, 0.3) is 0 Å². The first-order valence-electron chi connectivity index (χ1n) is 1.25. The minimum atomic E-state index is -1.38. The van der Waals surface area contributed by atoms with Crippen LogP contribution in [0.15, 0.2) is 12.3 Å². The van der Waals surface area contributed by atoms with E-state index in [9.17, 15) is 4.79 Å². The fourth-order valence-corrected chi connectivity index (χ4v) is 0. The van der Waals surface area contributed by atoms with Gasteiger partial charge >= 0.3 is 35.5 Å². The van der Waals surface area contributed by atoms with E-state index in [2.05, 4.69) is 6.58 Å². The predicted octanol–water partition coefficient (Wildman–Crippen LogP) is -2.85.